The van der Waals surface area contributed by atoms with E-state index in [1.807, 2.05) is 12.1 Å². The Balaban J connectivity index is 2.51. The van der Waals surface area contributed by atoms with Gasteiger partial charge in [-0.25, -0.2) is 0 Å². The van der Waals surface area contributed by atoms with Gasteiger partial charge in [0.05, 0.1) is 11.6 Å². The van der Waals surface area contributed by atoms with Crippen LogP contribution in [0.25, 0.3) is 0 Å². The molecule has 0 bridgehead atoms. The molecule has 1 aliphatic rings. The van der Waals surface area contributed by atoms with Crippen molar-refractivity contribution in [3.05, 3.63) is 28.8 Å². The van der Waals surface area contributed by atoms with Gasteiger partial charge in [-0.15, -0.1) is 0 Å². The molecule has 1 saturated carbocycles. The lowest BCUT2D eigenvalue weighted by molar-refractivity contribution is 0.228. The van der Waals surface area contributed by atoms with Crippen molar-refractivity contribution in [2.45, 2.75) is 25.7 Å². The zero-order chi connectivity index (χ0) is 11.3. The number of rotatable bonds is 2. The molecule has 0 radical (unpaired) electrons. The first-order chi connectivity index (χ1) is 6.94. The smallest absolute Gasteiger partial charge is 0.138 e. The lowest BCUT2D eigenvalue weighted by Gasteiger charge is -2.19. The normalized spacial score (nSPS) is 27.7. The zero-order valence-electron chi connectivity index (χ0n) is 8.92. The zero-order valence-corrected chi connectivity index (χ0v) is 9.67. The van der Waals surface area contributed by atoms with Gasteiger partial charge in [-0.1, -0.05) is 37.6 Å². The van der Waals surface area contributed by atoms with E-state index >= 15 is 0 Å². The van der Waals surface area contributed by atoms with Gasteiger partial charge in [0.25, 0.3) is 0 Å². The van der Waals surface area contributed by atoms with Crippen LogP contribution < -0.4 is 0 Å². The molecule has 0 spiro atoms. The third-order valence-electron chi connectivity index (χ3n) is 3.69. The summed E-state index contributed by atoms with van der Waals surface area (Å²) in [6.07, 6.45) is 0.879. The van der Waals surface area contributed by atoms with Crippen LogP contribution in [0.5, 0.6) is 5.75 Å². The standard InChI is InChI=1S/C12H15ClO2/c1-11(2)6-12(11,7-14)8-4-3-5-9(13)10(8)15/h3-5,14-15H,6-7H2,1-2H3. The van der Waals surface area contributed by atoms with Crippen LogP contribution in [0.1, 0.15) is 25.8 Å². The van der Waals surface area contributed by atoms with E-state index in [1.165, 1.54) is 0 Å². The van der Waals surface area contributed by atoms with Crippen molar-refractivity contribution in [1.82, 2.24) is 0 Å². The summed E-state index contributed by atoms with van der Waals surface area (Å²) in [6, 6.07) is 5.30. The average Bonchev–Trinajstić information content (AvgIpc) is 2.74. The van der Waals surface area contributed by atoms with E-state index in [1.54, 1.807) is 6.07 Å². The number of benzene rings is 1. The maximum absolute atomic E-state index is 9.89. The first-order valence-corrected chi connectivity index (χ1v) is 5.41. The molecule has 1 atom stereocenters. The summed E-state index contributed by atoms with van der Waals surface area (Å²) in [5.41, 5.74) is 0.480. The van der Waals surface area contributed by atoms with Crippen molar-refractivity contribution < 1.29 is 10.2 Å². The third-order valence-corrected chi connectivity index (χ3v) is 3.99. The lowest BCUT2D eigenvalue weighted by atomic mass is 9.88. The Morgan fingerprint density at radius 3 is 2.47 bits per heavy atom. The second-order valence-electron chi connectivity index (χ2n) is 4.94. The van der Waals surface area contributed by atoms with Gasteiger partial charge >= 0.3 is 0 Å². The number of para-hydroxylation sites is 1. The summed E-state index contributed by atoms with van der Waals surface area (Å²) in [4.78, 5) is 0. The Morgan fingerprint density at radius 1 is 1.40 bits per heavy atom. The molecule has 1 unspecified atom stereocenters. The minimum Gasteiger partial charge on any atom is -0.506 e. The van der Waals surface area contributed by atoms with Crippen LogP contribution in [0, 0.1) is 5.41 Å². The molecule has 1 aliphatic carbocycles. The molecular weight excluding hydrogens is 212 g/mol. The van der Waals surface area contributed by atoms with Crippen LogP contribution in [-0.2, 0) is 5.41 Å². The van der Waals surface area contributed by atoms with E-state index < -0.39 is 0 Å². The lowest BCUT2D eigenvalue weighted by Crippen LogP contribution is -2.19. The maximum Gasteiger partial charge on any atom is 0.138 e. The number of aliphatic hydroxyl groups excluding tert-OH is 1. The summed E-state index contributed by atoms with van der Waals surface area (Å²) in [5, 5.41) is 19.8. The van der Waals surface area contributed by atoms with E-state index in [4.69, 9.17) is 11.6 Å². The molecule has 3 heteroatoms. The number of hydrogen-bond donors (Lipinski definition) is 2. The quantitative estimate of drug-likeness (QED) is 0.814. The molecule has 15 heavy (non-hydrogen) atoms. The van der Waals surface area contributed by atoms with E-state index in [-0.39, 0.29) is 23.2 Å². The minimum absolute atomic E-state index is 0.0317. The molecule has 1 aromatic rings. The molecule has 0 aliphatic heterocycles. The Hall–Kier alpha value is -0.730. The van der Waals surface area contributed by atoms with Crippen LogP contribution in [0.4, 0.5) is 0 Å². The number of hydrogen-bond acceptors (Lipinski definition) is 2. The SMILES string of the molecule is CC1(C)CC1(CO)c1cccc(Cl)c1O. The minimum atomic E-state index is -0.317. The van der Waals surface area contributed by atoms with Crippen molar-refractivity contribution in [2.24, 2.45) is 5.41 Å². The van der Waals surface area contributed by atoms with Gasteiger partial charge in [0.1, 0.15) is 5.75 Å². The molecule has 1 fully saturated rings. The summed E-state index contributed by atoms with van der Waals surface area (Å²) in [7, 11) is 0. The number of phenols is 1. The average molecular weight is 227 g/mol. The van der Waals surface area contributed by atoms with Gasteiger partial charge in [-0.05, 0) is 17.9 Å². The highest BCUT2D eigenvalue weighted by Crippen LogP contribution is 2.65. The number of aromatic hydroxyl groups is 1. The molecule has 0 amide bonds. The van der Waals surface area contributed by atoms with Crippen LogP contribution in [0.2, 0.25) is 5.02 Å². The van der Waals surface area contributed by atoms with Crippen molar-refractivity contribution in [2.75, 3.05) is 6.61 Å². The third kappa shape index (κ3) is 1.35. The Labute approximate surface area is 94.5 Å². The maximum atomic E-state index is 9.89. The Kier molecular flexibility index (Phi) is 2.25. The van der Waals surface area contributed by atoms with Gasteiger partial charge in [0.15, 0.2) is 0 Å². The summed E-state index contributed by atoms with van der Waals surface area (Å²) in [6.45, 7) is 4.22. The van der Waals surface area contributed by atoms with E-state index in [9.17, 15) is 10.2 Å². The Morgan fingerprint density at radius 2 is 2.00 bits per heavy atom. The molecule has 82 valence electrons. The molecule has 2 N–H and O–H groups in total. The van der Waals surface area contributed by atoms with Crippen LogP contribution in [-0.4, -0.2) is 16.8 Å². The highest BCUT2D eigenvalue weighted by Gasteiger charge is 2.62. The fraction of sp³-hybridized carbons (Fsp3) is 0.500. The first kappa shape index (κ1) is 10.8. The second kappa shape index (κ2) is 3.13. The van der Waals surface area contributed by atoms with Gasteiger partial charge in [0.2, 0.25) is 0 Å². The largest absolute Gasteiger partial charge is 0.506 e. The van der Waals surface area contributed by atoms with E-state index in [0.29, 0.717) is 5.02 Å². The summed E-state index contributed by atoms with van der Waals surface area (Å²) in [5.74, 6) is 0.110. The van der Waals surface area contributed by atoms with Gasteiger partial charge in [0, 0.05) is 11.0 Å². The fourth-order valence-corrected chi connectivity index (χ4v) is 2.60. The van der Waals surface area contributed by atoms with Gasteiger partial charge < -0.3 is 10.2 Å². The van der Waals surface area contributed by atoms with Crippen molar-refractivity contribution in [1.29, 1.82) is 0 Å². The molecule has 2 nitrogen and oxygen atoms in total. The van der Waals surface area contributed by atoms with E-state index in [0.717, 1.165) is 12.0 Å². The number of phenolic OH excluding ortho intramolecular Hbond substituents is 1. The monoisotopic (exact) mass is 226 g/mol. The fourth-order valence-electron chi connectivity index (χ4n) is 2.43. The molecule has 2 rings (SSSR count). The summed E-state index contributed by atoms with van der Waals surface area (Å²) >= 11 is 5.87. The van der Waals surface area contributed by atoms with Crippen LogP contribution in [0.3, 0.4) is 0 Å². The number of aliphatic hydroxyl groups is 1. The topological polar surface area (TPSA) is 40.5 Å². The molecular formula is C12H15ClO2. The predicted molar refractivity (Wildman–Crippen MR) is 60.3 cm³/mol. The van der Waals surface area contributed by atoms with Crippen molar-refractivity contribution in [3.8, 4) is 5.75 Å². The number of halogens is 1. The highest BCUT2D eigenvalue weighted by molar-refractivity contribution is 6.32. The second-order valence-corrected chi connectivity index (χ2v) is 5.34. The van der Waals surface area contributed by atoms with Crippen LogP contribution >= 0.6 is 11.6 Å². The van der Waals surface area contributed by atoms with Crippen molar-refractivity contribution >= 4 is 11.6 Å². The first-order valence-electron chi connectivity index (χ1n) is 5.03. The molecule has 0 heterocycles. The van der Waals surface area contributed by atoms with Crippen LogP contribution in [0.15, 0.2) is 18.2 Å². The van der Waals surface area contributed by atoms with Crippen molar-refractivity contribution in [3.63, 3.8) is 0 Å². The predicted octanol–water partition coefficient (Wildman–Crippen LogP) is 2.71. The molecule has 0 aromatic heterocycles. The Bertz CT molecular complexity index is 401. The van der Waals surface area contributed by atoms with E-state index in [2.05, 4.69) is 13.8 Å². The summed E-state index contributed by atoms with van der Waals surface area (Å²) < 4.78 is 0. The molecule has 1 aromatic carbocycles. The highest BCUT2D eigenvalue weighted by atomic mass is 35.5. The van der Waals surface area contributed by atoms with Gasteiger partial charge in [-0.2, -0.15) is 0 Å². The molecule has 0 saturated heterocycles. The van der Waals surface area contributed by atoms with Gasteiger partial charge in [-0.3, -0.25) is 0 Å².